The van der Waals surface area contributed by atoms with Crippen molar-refractivity contribution in [3.63, 3.8) is 0 Å². The number of rotatable bonds is 9. The van der Waals surface area contributed by atoms with Gasteiger partial charge >= 0.3 is 0 Å². The first kappa shape index (κ1) is 22.3. The van der Waals surface area contributed by atoms with Crippen LogP contribution in [0.4, 0.5) is 0 Å². The second-order valence-electron chi connectivity index (χ2n) is 7.93. The Labute approximate surface area is 153 Å². The van der Waals surface area contributed by atoms with Gasteiger partial charge in [0.15, 0.2) is 8.32 Å². The zero-order valence-corrected chi connectivity index (χ0v) is 18.0. The van der Waals surface area contributed by atoms with Crippen LogP contribution in [0.25, 0.3) is 0 Å². The fourth-order valence-electron chi connectivity index (χ4n) is 1.88. The summed E-state index contributed by atoms with van der Waals surface area (Å²) in [5, 5.41) is 10.1. The lowest BCUT2D eigenvalue weighted by molar-refractivity contribution is 0.111. The van der Waals surface area contributed by atoms with E-state index < -0.39 is 24.5 Å². The van der Waals surface area contributed by atoms with Gasteiger partial charge in [0, 0.05) is 6.61 Å². The molecule has 0 aliphatic rings. The first-order chi connectivity index (χ1) is 11.3. The molecule has 0 aromatic heterocycles. The Kier molecular flexibility index (Phi) is 7.83. The molecule has 144 valence electrons. The van der Waals surface area contributed by atoms with Gasteiger partial charge in [-0.3, -0.25) is 4.18 Å². The van der Waals surface area contributed by atoms with Crippen LogP contribution in [0.3, 0.4) is 0 Å². The number of hydrogen-bond donors (Lipinski definition) is 1. The van der Waals surface area contributed by atoms with Crippen molar-refractivity contribution in [2.45, 2.75) is 69.7 Å². The maximum Gasteiger partial charge on any atom is 0.296 e. The van der Waals surface area contributed by atoms with Crippen molar-refractivity contribution >= 4 is 18.4 Å². The standard InChI is InChI=1S/C18H32O5SSi/c1-15-7-9-17(10-8-15)24(20,21)22-13-11-16(19)12-14-23-25(5,6)18(2,3)4/h7-10,16,19H,11-14H2,1-6H3/t16-/m1/s1. The second kappa shape index (κ2) is 8.77. The molecule has 1 aromatic rings. The van der Waals surface area contributed by atoms with Crippen molar-refractivity contribution in [1.29, 1.82) is 0 Å². The summed E-state index contributed by atoms with van der Waals surface area (Å²) in [7, 11) is -5.59. The van der Waals surface area contributed by atoms with Crippen LogP contribution in [0.1, 0.15) is 39.2 Å². The predicted molar refractivity (Wildman–Crippen MR) is 103 cm³/mol. The molecule has 1 aromatic carbocycles. The first-order valence-corrected chi connectivity index (χ1v) is 12.9. The molecule has 7 heteroatoms. The fraction of sp³-hybridized carbons (Fsp3) is 0.667. The van der Waals surface area contributed by atoms with Crippen molar-refractivity contribution in [2.24, 2.45) is 0 Å². The molecule has 0 radical (unpaired) electrons. The van der Waals surface area contributed by atoms with Gasteiger partial charge in [-0.25, -0.2) is 0 Å². The highest BCUT2D eigenvalue weighted by molar-refractivity contribution is 7.86. The van der Waals surface area contributed by atoms with Crippen molar-refractivity contribution in [1.82, 2.24) is 0 Å². The number of aliphatic hydroxyl groups excluding tert-OH is 1. The van der Waals surface area contributed by atoms with Crippen molar-refractivity contribution < 1.29 is 22.1 Å². The minimum absolute atomic E-state index is 0.0442. The summed E-state index contributed by atoms with van der Waals surface area (Å²) < 4.78 is 35.1. The van der Waals surface area contributed by atoms with Crippen LogP contribution in [0.2, 0.25) is 18.1 Å². The summed E-state index contributed by atoms with van der Waals surface area (Å²) in [5.41, 5.74) is 0.983. The zero-order valence-electron chi connectivity index (χ0n) is 16.2. The van der Waals surface area contributed by atoms with Crippen LogP contribution in [0.5, 0.6) is 0 Å². The number of aliphatic hydroxyl groups is 1. The average Bonchev–Trinajstić information content (AvgIpc) is 2.46. The van der Waals surface area contributed by atoms with E-state index in [4.69, 9.17) is 8.61 Å². The summed E-state index contributed by atoms with van der Waals surface area (Å²) in [6.07, 6.45) is 0.0878. The van der Waals surface area contributed by atoms with E-state index in [1.54, 1.807) is 12.1 Å². The molecule has 0 aliphatic heterocycles. The minimum atomic E-state index is -3.77. The van der Waals surface area contributed by atoms with E-state index in [9.17, 15) is 13.5 Å². The van der Waals surface area contributed by atoms with Gasteiger partial charge in [0.25, 0.3) is 10.1 Å². The van der Waals surface area contributed by atoms with E-state index >= 15 is 0 Å². The van der Waals surface area contributed by atoms with E-state index in [2.05, 4.69) is 33.9 Å². The monoisotopic (exact) mass is 388 g/mol. The molecule has 1 rings (SSSR count). The van der Waals surface area contributed by atoms with Gasteiger partial charge in [-0.05, 0) is 50.0 Å². The molecule has 1 atom stereocenters. The third kappa shape index (κ3) is 7.19. The highest BCUT2D eigenvalue weighted by Crippen LogP contribution is 2.36. The Balaban J connectivity index is 2.37. The molecule has 0 bridgehead atoms. The summed E-state index contributed by atoms with van der Waals surface area (Å²) in [6.45, 7) is 13.1. The molecule has 0 fully saturated rings. The van der Waals surface area contributed by atoms with Gasteiger partial charge in [-0.2, -0.15) is 8.42 Å². The summed E-state index contributed by atoms with van der Waals surface area (Å²) in [5.74, 6) is 0. The fourth-order valence-corrected chi connectivity index (χ4v) is 3.86. The number of aryl methyl sites for hydroxylation is 1. The maximum atomic E-state index is 12.1. The molecule has 0 amide bonds. The van der Waals surface area contributed by atoms with Crippen LogP contribution in [0, 0.1) is 6.92 Å². The predicted octanol–water partition coefficient (Wildman–Crippen LogP) is 3.86. The Hall–Kier alpha value is -0.733. The lowest BCUT2D eigenvalue weighted by atomic mass is 10.2. The summed E-state index contributed by atoms with van der Waals surface area (Å²) in [4.78, 5) is 0.133. The molecule has 5 nitrogen and oxygen atoms in total. The van der Waals surface area contributed by atoms with Crippen LogP contribution in [0.15, 0.2) is 29.2 Å². The van der Waals surface area contributed by atoms with Crippen molar-refractivity contribution in [3.05, 3.63) is 29.8 Å². The van der Waals surface area contributed by atoms with Crippen LogP contribution < -0.4 is 0 Å². The van der Waals surface area contributed by atoms with Gasteiger partial charge in [0.2, 0.25) is 0 Å². The molecule has 0 heterocycles. The average molecular weight is 389 g/mol. The minimum Gasteiger partial charge on any atom is -0.417 e. The summed E-state index contributed by atoms with van der Waals surface area (Å²) in [6, 6.07) is 6.49. The summed E-state index contributed by atoms with van der Waals surface area (Å²) >= 11 is 0. The largest absolute Gasteiger partial charge is 0.417 e. The Morgan fingerprint density at radius 3 is 2.12 bits per heavy atom. The van der Waals surface area contributed by atoms with Gasteiger partial charge in [-0.1, -0.05) is 38.5 Å². The van der Waals surface area contributed by atoms with E-state index in [0.717, 1.165) is 5.56 Å². The second-order valence-corrected chi connectivity index (χ2v) is 14.4. The smallest absolute Gasteiger partial charge is 0.296 e. The van der Waals surface area contributed by atoms with E-state index in [0.29, 0.717) is 13.0 Å². The molecule has 0 saturated carbocycles. The maximum absolute atomic E-state index is 12.1. The molecule has 0 unspecified atom stereocenters. The van der Waals surface area contributed by atoms with Crippen LogP contribution in [-0.2, 0) is 18.7 Å². The van der Waals surface area contributed by atoms with Crippen molar-refractivity contribution in [3.8, 4) is 0 Å². The van der Waals surface area contributed by atoms with Crippen molar-refractivity contribution in [2.75, 3.05) is 13.2 Å². The zero-order chi connectivity index (χ0) is 19.3. The Morgan fingerprint density at radius 2 is 1.60 bits per heavy atom. The lowest BCUT2D eigenvalue weighted by Crippen LogP contribution is -2.41. The molecule has 0 spiro atoms. The van der Waals surface area contributed by atoms with Gasteiger partial charge in [0.1, 0.15) is 0 Å². The first-order valence-electron chi connectivity index (χ1n) is 8.63. The Morgan fingerprint density at radius 1 is 1.08 bits per heavy atom. The van der Waals surface area contributed by atoms with Crippen LogP contribution in [-0.4, -0.2) is 41.2 Å². The van der Waals surface area contributed by atoms with Gasteiger partial charge < -0.3 is 9.53 Å². The highest BCUT2D eigenvalue weighted by Gasteiger charge is 2.36. The number of benzene rings is 1. The molecule has 0 aliphatic carbocycles. The molecular weight excluding hydrogens is 356 g/mol. The molecular formula is C18H32O5SSi. The number of hydrogen-bond acceptors (Lipinski definition) is 5. The van der Waals surface area contributed by atoms with Crippen LogP contribution >= 0.6 is 0 Å². The third-order valence-corrected chi connectivity index (χ3v) is 10.6. The van der Waals surface area contributed by atoms with E-state index in [1.165, 1.54) is 12.1 Å². The molecule has 25 heavy (non-hydrogen) atoms. The molecule has 0 saturated heterocycles. The quantitative estimate of drug-likeness (QED) is 0.514. The lowest BCUT2D eigenvalue weighted by Gasteiger charge is -2.36. The SMILES string of the molecule is Cc1ccc(S(=O)(=O)OCC[C@@H](O)CCO[Si](C)(C)C(C)(C)C)cc1. The van der Waals surface area contributed by atoms with E-state index in [1.807, 2.05) is 6.92 Å². The normalized spacial score (nSPS) is 14.5. The Bertz CT molecular complexity index is 632. The third-order valence-electron chi connectivity index (χ3n) is 4.72. The topological polar surface area (TPSA) is 72.8 Å². The van der Waals surface area contributed by atoms with E-state index in [-0.39, 0.29) is 23.0 Å². The highest BCUT2D eigenvalue weighted by atomic mass is 32.2. The molecule has 1 N–H and O–H groups in total. The van der Waals surface area contributed by atoms with Gasteiger partial charge in [0.05, 0.1) is 17.6 Å². The van der Waals surface area contributed by atoms with Gasteiger partial charge in [-0.15, -0.1) is 0 Å².